The van der Waals surface area contributed by atoms with Crippen LogP contribution in [0.4, 0.5) is 10.1 Å². The number of hydrogen-bond donors (Lipinski definition) is 1. The molecule has 0 atom stereocenters. The number of rotatable bonds is 4. The molecular formula is C17H16FN7. The number of hydrogen-bond acceptors (Lipinski definition) is 5. The highest BCUT2D eigenvalue weighted by molar-refractivity contribution is 5.52. The Balaban J connectivity index is 1.58. The van der Waals surface area contributed by atoms with Crippen molar-refractivity contribution in [2.75, 3.05) is 5.32 Å². The van der Waals surface area contributed by atoms with E-state index in [0.29, 0.717) is 18.1 Å². The summed E-state index contributed by atoms with van der Waals surface area (Å²) < 4.78 is 17.5. The minimum absolute atomic E-state index is 0.304. The zero-order chi connectivity index (χ0) is 17.4. The van der Waals surface area contributed by atoms with Crippen LogP contribution in [-0.4, -0.2) is 29.6 Å². The first kappa shape index (κ1) is 15.3. The maximum atomic E-state index is 14.1. The lowest BCUT2D eigenvalue weighted by Crippen LogP contribution is -2.05. The summed E-state index contributed by atoms with van der Waals surface area (Å²) in [6.45, 7) is 4.28. The Morgan fingerprint density at radius 3 is 2.80 bits per heavy atom. The van der Waals surface area contributed by atoms with Gasteiger partial charge in [0.15, 0.2) is 5.82 Å². The number of aromatic nitrogens is 6. The summed E-state index contributed by atoms with van der Waals surface area (Å²) in [5, 5.41) is 14.4. The molecule has 0 aliphatic carbocycles. The molecule has 0 amide bonds. The molecule has 0 saturated heterocycles. The molecule has 0 spiro atoms. The number of nitrogens with zero attached hydrogens (tertiary/aromatic N) is 6. The summed E-state index contributed by atoms with van der Waals surface area (Å²) in [5.41, 5.74) is 3.99. The second kappa shape index (κ2) is 5.97. The van der Waals surface area contributed by atoms with Crippen LogP contribution in [0.1, 0.15) is 17.2 Å². The van der Waals surface area contributed by atoms with Crippen LogP contribution in [0.5, 0.6) is 0 Å². The lowest BCUT2D eigenvalue weighted by Gasteiger charge is -2.08. The molecule has 0 saturated carbocycles. The van der Waals surface area contributed by atoms with E-state index < -0.39 is 0 Å². The molecule has 0 aliphatic heterocycles. The van der Waals surface area contributed by atoms with Gasteiger partial charge in [-0.15, -0.1) is 5.10 Å². The van der Waals surface area contributed by atoms with E-state index in [0.717, 1.165) is 22.7 Å². The molecular weight excluding hydrogens is 321 g/mol. The zero-order valence-electron chi connectivity index (χ0n) is 13.8. The average molecular weight is 337 g/mol. The van der Waals surface area contributed by atoms with Gasteiger partial charge in [-0.1, -0.05) is 6.07 Å². The van der Waals surface area contributed by atoms with E-state index in [1.165, 1.54) is 10.7 Å². The quantitative estimate of drug-likeness (QED) is 0.620. The summed E-state index contributed by atoms with van der Waals surface area (Å²) in [4.78, 5) is 4.58. The highest BCUT2D eigenvalue weighted by Gasteiger charge is 2.11. The third-order valence-electron chi connectivity index (χ3n) is 4.02. The summed E-state index contributed by atoms with van der Waals surface area (Å²) >= 11 is 0. The van der Waals surface area contributed by atoms with Gasteiger partial charge in [-0.05, 0) is 54.6 Å². The van der Waals surface area contributed by atoms with E-state index in [9.17, 15) is 4.39 Å². The van der Waals surface area contributed by atoms with Gasteiger partial charge in [0.05, 0.1) is 12.2 Å². The number of aryl methyl sites for hydroxylation is 2. The molecule has 3 aromatic heterocycles. The summed E-state index contributed by atoms with van der Waals surface area (Å²) in [6, 6.07) is 10.7. The highest BCUT2D eigenvalue weighted by atomic mass is 19.1. The molecule has 1 N–H and O–H groups in total. The van der Waals surface area contributed by atoms with Gasteiger partial charge in [0.25, 0.3) is 0 Å². The predicted octanol–water partition coefficient (Wildman–Crippen LogP) is 2.68. The molecule has 25 heavy (non-hydrogen) atoms. The van der Waals surface area contributed by atoms with Crippen molar-refractivity contribution in [2.45, 2.75) is 20.4 Å². The van der Waals surface area contributed by atoms with Crippen LogP contribution in [0.2, 0.25) is 0 Å². The maximum Gasteiger partial charge on any atom is 0.153 e. The zero-order valence-corrected chi connectivity index (χ0v) is 13.8. The second-order valence-electron chi connectivity index (χ2n) is 5.79. The number of halogens is 1. The number of pyridine rings is 1. The lowest BCUT2D eigenvalue weighted by molar-refractivity contribution is 0.605. The lowest BCUT2D eigenvalue weighted by atomic mass is 10.2. The molecule has 0 aliphatic rings. The van der Waals surface area contributed by atoms with Crippen molar-refractivity contribution in [3.8, 4) is 5.69 Å². The van der Waals surface area contributed by atoms with Crippen molar-refractivity contribution < 1.29 is 4.39 Å². The predicted molar refractivity (Wildman–Crippen MR) is 91.1 cm³/mol. The molecule has 0 radical (unpaired) electrons. The van der Waals surface area contributed by atoms with Crippen molar-refractivity contribution >= 4 is 11.3 Å². The Hall–Kier alpha value is -3.29. The number of tetrazole rings is 1. The van der Waals surface area contributed by atoms with Crippen LogP contribution in [0.3, 0.4) is 0 Å². The van der Waals surface area contributed by atoms with Crippen molar-refractivity contribution in [3.63, 3.8) is 0 Å². The normalized spacial score (nSPS) is 11.2. The monoisotopic (exact) mass is 337 g/mol. The minimum atomic E-state index is -0.385. The third kappa shape index (κ3) is 2.82. The maximum absolute atomic E-state index is 14.1. The fraction of sp³-hybridized carbons (Fsp3) is 0.176. The molecule has 8 heteroatoms. The molecule has 3 heterocycles. The van der Waals surface area contributed by atoms with Crippen molar-refractivity contribution in [1.82, 2.24) is 29.6 Å². The van der Waals surface area contributed by atoms with Gasteiger partial charge in [-0.3, -0.25) is 0 Å². The largest absolute Gasteiger partial charge is 0.379 e. The van der Waals surface area contributed by atoms with Gasteiger partial charge in [0.2, 0.25) is 0 Å². The van der Waals surface area contributed by atoms with E-state index in [4.69, 9.17) is 0 Å². The Bertz CT molecular complexity index is 1050. The molecule has 0 unspecified atom stereocenters. The molecule has 126 valence electrons. The fourth-order valence-electron chi connectivity index (χ4n) is 2.72. The van der Waals surface area contributed by atoms with E-state index in [-0.39, 0.29) is 5.82 Å². The average Bonchev–Trinajstić information content (AvgIpc) is 3.21. The topological polar surface area (TPSA) is 72.9 Å². The van der Waals surface area contributed by atoms with Crippen LogP contribution in [-0.2, 0) is 6.54 Å². The van der Waals surface area contributed by atoms with Gasteiger partial charge in [0.1, 0.15) is 17.2 Å². The van der Waals surface area contributed by atoms with Gasteiger partial charge < -0.3 is 9.72 Å². The van der Waals surface area contributed by atoms with E-state index in [1.54, 1.807) is 19.1 Å². The second-order valence-corrected chi connectivity index (χ2v) is 5.79. The Labute approximate surface area is 143 Å². The SMILES string of the molecule is Cc1nnnn1-c1cc(NCc2cn3c(C)cccc3n2)ccc1F. The summed E-state index contributed by atoms with van der Waals surface area (Å²) in [5.74, 6) is 0.135. The molecule has 0 fully saturated rings. The number of fused-ring (bicyclic) bond motifs is 1. The number of imidazole rings is 1. The Morgan fingerprint density at radius 2 is 2.04 bits per heavy atom. The van der Waals surface area contributed by atoms with Crippen LogP contribution < -0.4 is 5.32 Å². The molecule has 4 aromatic rings. The first-order chi connectivity index (χ1) is 12.1. The molecule has 7 nitrogen and oxygen atoms in total. The van der Waals surface area contributed by atoms with E-state index in [1.807, 2.05) is 35.7 Å². The van der Waals surface area contributed by atoms with Gasteiger partial charge in [-0.2, -0.15) is 4.68 Å². The Morgan fingerprint density at radius 1 is 1.16 bits per heavy atom. The summed E-state index contributed by atoms with van der Waals surface area (Å²) in [7, 11) is 0. The minimum Gasteiger partial charge on any atom is -0.379 e. The van der Waals surface area contributed by atoms with Crippen molar-refractivity contribution in [1.29, 1.82) is 0 Å². The number of nitrogens with one attached hydrogen (secondary N) is 1. The van der Waals surface area contributed by atoms with E-state index >= 15 is 0 Å². The van der Waals surface area contributed by atoms with Crippen LogP contribution in [0.15, 0.2) is 42.6 Å². The Kier molecular flexibility index (Phi) is 3.64. The molecule has 0 bridgehead atoms. The van der Waals surface area contributed by atoms with Gasteiger partial charge in [-0.25, -0.2) is 9.37 Å². The van der Waals surface area contributed by atoms with Crippen LogP contribution in [0, 0.1) is 19.7 Å². The van der Waals surface area contributed by atoms with Gasteiger partial charge in [0, 0.05) is 17.6 Å². The molecule has 1 aromatic carbocycles. The van der Waals surface area contributed by atoms with Crippen molar-refractivity contribution in [3.05, 3.63) is 65.6 Å². The number of anilines is 1. The van der Waals surface area contributed by atoms with E-state index in [2.05, 4.69) is 25.8 Å². The smallest absolute Gasteiger partial charge is 0.153 e. The highest BCUT2D eigenvalue weighted by Crippen LogP contribution is 2.19. The molecule has 4 rings (SSSR count). The van der Waals surface area contributed by atoms with Crippen LogP contribution >= 0.6 is 0 Å². The van der Waals surface area contributed by atoms with Gasteiger partial charge >= 0.3 is 0 Å². The first-order valence-electron chi connectivity index (χ1n) is 7.84. The first-order valence-corrected chi connectivity index (χ1v) is 7.84. The third-order valence-corrected chi connectivity index (χ3v) is 4.02. The standard InChI is InChI=1S/C17H16FN7/c1-11-4-3-5-17-20-14(10-24(11)17)9-19-13-6-7-15(18)16(8-13)25-12(2)21-22-23-25/h3-8,10,19H,9H2,1-2H3. The van der Waals surface area contributed by atoms with Crippen molar-refractivity contribution in [2.24, 2.45) is 0 Å². The summed E-state index contributed by atoms with van der Waals surface area (Å²) in [6.07, 6.45) is 1.99. The van der Waals surface area contributed by atoms with Crippen LogP contribution in [0.25, 0.3) is 11.3 Å². The number of benzene rings is 1. The fourth-order valence-corrected chi connectivity index (χ4v) is 2.72.